The average Bonchev–Trinajstić information content (AvgIpc) is 2.35. The normalized spacial score (nSPS) is 10.6. The van der Waals surface area contributed by atoms with Gasteiger partial charge in [-0.3, -0.25) is 4.79 Å². The van der Waals surface area contributed by atoms with Gasteiger partial charge in [-0.05, 0) is 35.1 Å². The van der Waals surface area contributed by atoms with Crippen LogP contribution in [0.2, 0.25) is 0 Å². The Morgan fingerprint density at radius 1 is 1.39 bits per heavy atom. The summed E-state index contributed by atoms with van der Waals surface area (Å²) in [6.45, 7) is 2.32. The van der Waals surface area contributed by atoms with E-state index in [1.807, 2.05) is 53.8 Å². The highest BCUT2D eigenvalue weighted by molar-refractivity contribution is 14.1. The van der Waals surface area contributed by atoms with E-state index in [1.165, 1.54) is 0 Å². The number of nitrogens with one attached hydrogen (secondary N) is 1. The highest BCUT2D eigenvalue weighted by atomic mass is 127. The third kappa shape index (κ3) is 2.62. The molecule has 18 heavy (non-hydrogen) atoms. The molecule has 0 bridgehead atoms. The highest BCUT2D eigenvalue weighted by Crippen LogP contribution is 2.19. The van der Waals surface area contributed by atoms with Gasteiger partial charge in [0.05, 0.1) is 12.3 Å². The number of aromatic nitrogens is 2. The standard InChI is InChI=1S/C13H13IN2O2/c1-8-5-3-4-6-9(8)12-15-10(7-18-2)11(14)13(17)16-12/h3-6H,7H2,1-2H3,(H,15,16,17). The number of ether oxygens (including phenoxy) is 1. The third-order valence-corrected chi connectivity index (χ3v) is 3.73. The molecule has 0 amide bonds. The van der Waals surface area contributed by atoms with Gasteiger partial charge in [-0.1, -0.05) is 24.3 Å². The number of aryl methyl sites for hydroxylation is 1. The first-order valence-electron chi connectivity index (χ1n) is 5.47. The molecule has 1 aromatic heterocycles. The van der Waals surface area contributed by atoms with Gasteiger partial charge in [0.1, 0.15) is 9.39 Å². The van der Waals surface area contributed by atoms with Crippen LogP contribution >= 0.6 is 22.6 Å². The van der Waals surface area contributed by atoms with Crippen molar-refractivity contribution in [3.8, 4) is 11.4 Å². The molecule has 0 spiro atoms. The van der Waals surface area contributed by atoms with Gasteiger partial charge in [0.2, 0.25) is 0 Å². The molecule has 2 rings (SSSR count). The molecular formula is C13H13IN2O2. The minimum absolute atomic E-state index is 0.129. The van der Waals surface area contributed by atoms with Gasteiger partial charge in [-0.25, -0.2) is 4.98 Å². The van der Waals surface area contributed by atoms with E-state index >= 15 is 0 Å². The second-order valence-electron chi connectivity index (χ2n) is 3.92. The zero-order valence-corrected chi connectivity index (χ0v) is 12.3. The Kier molecular flexibility index (Phi) is 4.13. The zero-order chi connectivity index (χ0) is 13.1. The maximum absolute atomic E-state index is 11.9. The number of aromatic amines is 1. The SMILES string of the molecule is COCc1nc(-c2ccccc2C)[nH]c(=O)c1I. The topological polar surface area (TPSA) is 55.0 Å². The van der Waals surface area contributed by atoms with E-state index in [4.69, 9.17) is 4.74 Å². The molecule has 0 aliphatic heterocycles. The van der Waals surface area contributed by atoms with Crippen molar-refractivity contribution in [2.24, 2.45) is 0 Å². The molecule has 5 heteroatoms. The van der Waals surface area contributed by atoms with Crippen LogP contribution in [-0.2, 0) is 11.3 Å². The lowest BCUT2D eigenvalue weighted by Crippen LogP contribution is -2.17. The molecule has 0 aliphatic rings. The van der Waals surface area contributed by atoms with Gasteiger partial charge >= 0.3 is 0 Å². The molecule has 1 N–H and O–H groups in total. The quantitative estimate of drug-likeness (QED) is 0.860. The number of halogens is 1. The average molecular weight is 356 g/mol. The maximum atomic E-state index is 11.9. The summed E-state index contributed by atoms with van der Waals surface area (Å²) in [5.41, 5.74) is 2.55. The highest BCUT2D eigenvalue weighted by Gasteiger charge is 2.11. The maximum Gasteiger partial charge on any atom is 0.264 e. The lowest BCUT2D eigenvalue weighted by molar-refractivity contribution is 0.180. The number of H-pyrrole nitrogens is 1. The number of hydrogen-bond acceptors (Lipinski definition) is 3. The number of methoxy groups -OCH3 is 1. The molecule has 0 fully saturated rings. The fraction of sp³-hybridized carbons (Fsp3) is 0.231. The molecule has 94 valence electrons. The van der Waals surface area contributed by atoms with Crippen molar-refractivity contribution < 1.29 is 4.74 Å². The minimum Gasteiger partial charge on any atom is -0.378 e. The largest absolute Gasteiger partial charge is 0.378 e. The molecule has 0 atom stereocenters. The first-order valence-corrected chi connectivity index (χ1v) is 6.55. The molecule has 1 heterocycles. The number of benzene rings is 1. The predicted molar refractivity (Wildman–Crippen MR) is 78.5 cm³/mol. The van der Waals surface area contributed by atoms with Crippen LogP contribution in [0.3, 0.4) is 0 Å². The van der Waals surface area contributed by atoms with Crippen LogP contribution in [0.5, 0.6) is 0 Å². The summed E-state index contributed by atoms with van der Waals surface area (Å²) in [5.74, 6) is 0.588. The van der Waals surface area contributed by atoms with Crippen molar-refractivity contribution >= 4 is 22.6 Å². The lowest BCUT2D eigenvalue weighted by atomic mass is 10.1. The third-order valence-electron chi connectivity index (χ3n) is 2.61. The molecule has 2 aromatic rings. The first-order chi connectivity index (χ1) is 8.63. The van der Waals surface area contributed by atoms with Crippen LogP contribution in [0.1, 0.15) is 11.3 Å². The predicted octanol–water partition coefficient (Wildman–Crippen LogP) is 2.50. The van der Waals surface area contributed by atoms with Crippen molar-refractivity contribution in [2.45, 2.75) is 13.5 Å². The summed E-state index contributed by atoms with van der Waals surface area (Å²) < 4.78 is 5.64. The minimum atomic E-state index is -0.129. The van der Waals surface area contributed by atoms with Gasteiger partial charge < -0.3 is 9.72 Å². The Balaban J connectivity index is 2.59. The van der Waals surface area contributed by atoms with Crippen molar-refractivity contribution in [3.05, 3.63) is 49.4 Å². The number of hydrogen-bond donors (Lipinski definition) is 1. The summed E-state index contributed by atoms with van der Waals surface area (Å²) >= 11 is 1.99. The van der Waals surface area contributed by atoms with Crippen molar-refractivity contribution in [1.82, 2.24) is 9.97 Å². The van der Waals surface area contributed by atoms with Gasteiger partial charge in [0.15, 0.2) is 0 Å². The van der Waals surface area contributed by atoms with Crippen LogP contribution in [0, 0.1) is 10.5 Å². The van der Waals surface area contributed by atoms with E-state index in [0.717, 1.165) is 11.1 Å². The van der Waals surface area contributed by atoms with Crippen molar-refractivity contribution in [2.75, 3.05) is 7.11 Å². The fourth-order valence-corrected chi connectivity index (χ4v) is 2.12. The monoisotopic (exact) mass is 356 g/mol. The fourth-order valence-electron chi connectivity index (χ4n) is 1.70. The molecule has 4 nitrogen and oxygen atoms in total. The Morgan fingerprint density at radius 3 is 2.78 bits per heavy atom. The second kappa shape index (κ2) is 5.62. The summed E-state index contributed by atoms with van der Waals surface area (Å²) in [5, 5.41) is 0. The van der Waals surface area contributed by atoms with Crippen LogP contribution in [-0.4, -0.2) is 17.1 Å². The van der Waals surface area contributed by atoms with E-state index in [9.17, 15) is 4.79 Å². The van der Waals surface area contributed by atoms with Crippen LogP contribution in [0.25, 0.3) is 11.4 Å². The molecule has 0 saturated heterocycles. The number of rotatable bonds is 3. The van der Waals surface area contributed by atoms with Gasteiger partial charge in [0.25, 0.3) is 5.56 Å². The van der Waals surface area contributed by atoms with Gasteiger partial charge in [-0.15, -0.1) is 0 Å². The van der Waals surface area contributed by atoms with Gasteiger partial charge in [-0.2, -0.15) is 0 Å². The van der Waals surface area contributed by atoms with E-state index in [1.54, 1.807) is 7.11 Å². The Labute approximate surface area is 119 Å². The number of nitrogens with zero attached hydrogens (tertiary/aromatic N) is 1. The lowest BCUT2D eigenvalue weighted by Gasteiger charge is -2.08. The van der Waals surface area contributed by atoms with E-state index in [2.05, 4.69) is 9.97 Å². The molecule has 0 aliphatic carbocycles. The molecule has 0 radical (unpaired) electrons. The summed E-state index contributed by atoms with van der Waals surface area (Å²) in [6.07, 6.45) is 0. The smallest absolute Gasteiger partial charge is 0.264 e. The second-order valence-corrected chi connectivity index (χ2v) is 5.00. The Morgan fingerprint density at radius 2 is 2.11 bits per heavy atom. The van der Waals surface area contributed by atoms with Crippen molar-refractivity contribution in [3.63, 3.8) is 0 Å². The van der Waals surface area contributed by atoms with Crippen LogP contribution < -0.4 is 5.56 Å². The van der Waals surface area contributed by atoms with Crippen LogP contribution in [0.4, 0.5) is 0 Å². The summed E-state index contributed by atoms with van der Waals surface area (Å²) in [4.78, 5) is 19.1. The van der Waals surface area contributed by atoms with Gasteiger partial charge in [0, 0.05) is 12.7 Å². The Bertz CT molecular complexity index is 623. The molecule has 1 aromatic carbocycles. The first kappa shape index (κ1) is 13.2. The molecule has 0 unspecified atom stereocenters. The zero-order valence-electron chi connectivity index (χ0n) is 10.2. The molecule has 0 saturated carbocycles. The Hall–Kier alpha value is -1.21. The van der Waals surface area contributed by atoms with E-state index in [-0.39, 0.29) is 5.56 Å². The van der Waals surface area contributed by atoms with E-state index in [0.29, 0.717) is 21.7 Å². The summed E-state index contributed by atoms with van der Waals surface area (Å²) in [6, 6.07) is 7.82. The van der Waals surface area contributed by atoms with E-state index < -0.39 is 0 Å². The molecular weight excluding hydrogens is 343 g/mol. The van der Waals surface area contributed by atoms with Crippen molar-refractivity contribution in [1.29, 1.82) is 0 Å². The summed E-state index contributed by atoms with van der Waals surface area (Å²) in [7, 11) is 1.59. The van der Waals surface area contributed by atoms with Crippen LogP contribution in [0.15, 0.2) is 29.1 Å².